The van der Waals surface area contributed by atoms with Gasteiger partial charge in [-0.15, -0.1) is 0 Å². The summed E-state index contributed by atoms with van der Waals surface area (Å²) in [6, 6.07) is 7.60. The van der Waals surface area contributed by atoms with Crippen molar-refractivity contribution in [2.75, 3.05) is 18.4 Å². The second-order valence-electron chi connectivity index (χ2n) is 6.74. The zero-order chi connectivity index (χ0) is 18.3. The number of carbonyl (C=O) groups is 1. The molecule has 2 N–H and O–H groups in total. The normalized spacial score (nSPS) is 23.1. The van der Waals surface area contributed by atoms with E-state index >= 15 is 0 Å². The minimum atomic E-state index is -3.61. The highest BCUT2D eigenvalue weighted by atomic mass is 32.2. The number of nitrogens with zero attached hydrogens (tertiary/aromatic N) is 1. The zero-order valence-electron chi connectivity index (χ0n) is 14.1. The van der Waals surface area contributed by atoms with Crippen LogP contribution in [-0.2, 0) is 14.8 Å². The first-order chi connectivity index (χ1) is 12.5. The molecular weight excluding hydrogens is 356 g/mol. The van der Waals surface area contributed by atoms with Crippen LogP contribution < -0.4 is 5.32 Å². The summed E-state index contributed by atoms with van der Waals surface area (Å²) in [5.74, 6) is 0.147. The van der Waals surface area contributed by atoms with E-state index in [2.05, 4.69) is 5.32 Å². The molecule has 1 aliphatic heterocycles. The lowest BCUT2D eigenvalue weighted by molar-refractivity contribution is -0.117. The minimum Gasteiger partial charge on any atom is -0.506 e. The molecular formula is C18H20N2O5S. The van der Waals surface area contributed by atoms with Gasteiger partial charge in [0.15, 0.2) is 0 Å². The lowest BCUT2D eigenvalue weighted by Gasteiger charge is -2.16. The van der Waals surface area contributed by atoms with Crippen molar-refractivity contribution in [1.29, 1.82) is 0 Å². The van der Waals surface area contributed by atoms with Crippen LogP contribution in [-0.4, -0.2) is 36.8 Å². The van der Waals surface area contributed by atoms with Gasteiger partial charge in [0.25, 0.3) is 0 Å². The molecule has 0 spiro atoms. The van der Waals surface area contributed by atoms with Crippen LogP contribution in [0.4, 0.5) is 5.69 Å². The smallest absolute Gasteiger partial charge is 0.243 e. The Morgan fingerprint density at radius 1 is 1.23 bits per heavy atom. The predicted octanol–water partition coefficient (Wildman–Crippen LogP) is 2.51. The highest BCUT2D eigenvalue weighted by molar-refractivity contribution is 7.89. The van der Waals surface area contributed by atoms with E-state index in [1.807, 2.05) is 6.07 Å². The van der Waals surface area contributed by atoms with Crippen LogP contribution in [0.2, 0.25) is 0 Å². The number of anilines is 1. The molecule has 1 aromatic carbocycles. The standard InChI is InChI=1S/C18H20N2O5S/c21-16-6-5-12(26(23,24)20-7-1-2-8-20)10-15(16)19-18(22)14-11-13(14)17-4-3-9-25-17/h3-6,9-10,13-14,21H,1-2,7-8,11H2,(H,19,22)/t13-,14-/m0/s1. The van der Waals surface area contributed by atoms with Crippen molar-refractivity contribution in [3.8, 4) is 5.75 Å². The van der Waals surface area contributed by atoms with Gasteiger partial charge in [0.1, 0.15) is 11.5 Å². The van der Waals surface area contributed by atoms with Gasteiger partial charge in [-0.3, -0.25) is 4.79 Å². The number of hydrogen-bond donors (Lipinski definition) is 2. The number of amides is 1. The van der Waals surface area contributed by atoms with Crippen LogP contribution in [0.25, 0.3) is 0 Å². The predicted molar refractivity (Wildman–Crippen MR) is 94.3 cm³/mol. The molecule has 1 aliphatic carbocycles. The largest absolute Gasteiger partial charge is 0.506 e. The summed E-state index contributed by atoms with van der Waals surface area (Å²) < 4.78 is 32.1. The number of sulfonamides is 1. The van der Waals surface area contributed by atoms with Gasteiger partial charge in [-0.25, -0.2) is 8.42 Å². The van der Waals surface area contributed by atoms with Gasteiger partial charge in [-0.1, -0.05) is 0 Å². The number of aromatic hydroxyl groups is 1. The summed E-state index contributed by atoms with van der Waals surface area (Å²) in [6.07, 6.45) is 3.93. The second kappa shape index (κ2) is 6.44. The zero-order valence-corrected chi connectivity index (χ0v) is 14.9. The van der Waals surface area contributed by atoms with Crippen molar-refractivity contribution in [3.05, 3.63) is 42.4 Å². The first-order valence-corrected chi connectivity index (χ1v) is 10.1. The topological polar surface area (TPSA) is 99.9 Å². The quantitative estimate of drug-likeness (QED) is 0.781. The van der Waals surface area contributed by atoms with E-state index in [-0.39, 0.29) is 34.1 Å². The Bertz CT molecular complexity index is 917. The van der Waals surface area contributed by atoms with Crippen molar-refractivity contribution < 1.29 is 22.7 Å². The fourth-order valence-electron chi connectivity index (χ4n) is 3.38. The summed E-state index contributed by atoms with van der Waals surface area (Å²) >= 11 is 0. The molecule has 1 saturated carbocycles. The number of nitrogens with one attached hydrogen (secondary N) is 1. The molecule has 26 heavy (non-hydrogen) atoms. The van der Waals surface area contributed by atoms with Gasteiger partial charge in [0.2, 0.25) is 15.9 Å². The number of benzene rings is 1. The molecule has 2 atom stereocenters. The molecule has 8 heteroatoms. The van der Waals surface area contributed by atoms with Crippen LogP contribution in [0.15, 0.2) is 45.9 Å². The van der Waals surface area contributed by atoms with Crippen molar-refractivity contribution in [1.82, 2.24) is 4.31 Å². The SMILES string of the molecule is O=C(Nc1cc(S(=O)(=O)N2CCCC2)ccc1O)[C@H]1C[C@@H]1c1ccco1. The van der Waals surface area contributed by atoms with Crippen LogP contribution >= 0.6 is 0 Å². The molecule has 2 fully saturated rings. The van der Waals surface area contributed by atoms with Gasteiger partial charge in [-0.2, -0.15) is 4.31 Å². The number of phenols is 1. The highest BCUT2D eigenvalue weighted by Gasteiger charge is 2.46. The molecule has 4 rings (SSSR count). The summed E-state index contributed by atoms with van der Waals surface area (Å²) in [5, 5.41) is 12.7. The van der Waals surface area contributed by atoms with Gasteiger partial charge in [0.05, 0.1) is 16.8 Å². The third kappa shape index (κ3) is 3.10. The number of furan rings is 1. The molecule has 0 radical (unpaired) electrons. The minimum absolute atomic E-state index is 0.0312. The molecule has 2 heterocycles. The average Bonchev–Trinajstić information content (AvgIpc) is 3.05. The lowest BCUT2D eigenvalue weighted by atomic mass is 10.2. The van der Waals surface area contributed by atoms with Crippen LogP contribution in [0.1, 0.15) is 30.9 Å². The van der Waals surface area contributed by atoms with Gasteiger partial charge in [0, 0.05) is 24.9 Å². The third-order valence-corrected chi connectivity index (χ3v) is 6.86. The summed E-state index contributed by atoms with van der Waals surface area (Å²) in [4.78, 5) is 12.5. The Kier molecular flexibility index (Phi) is 4.24. The molecule has 138 valence electrons. The number of hydrogen-bond acceptors (Lipinski definition) is 5. The Balaban J connectivity index is 1.51. The van der Waals surface area contributed by atoms with E-state index < -0.39 is 10.0 Å². The maximum Gasteiger partial charge on any atom is 0.243 e. The molecule has 1 saturated heterocycles. The Morgan fingerprint density at radius 3 is 2.69 bits per heavy atom. The van der Waals surface area contributed by atoms with Crippen LogP contribution in [0.5, 0.6) is 5.75 Å². The Hall–Kier alpha value is -2.32. The Labute approximate surface area is 151 Å². The van der Waals surface area contributed by atoms with Crippen molar-refractivity contribution in [2.45, 2.75) is 30.1 Å². The van der Waals surface area contributed by atoms with E-state index in [1.165, 1.54) is 22.5 Å². The second-order valence-corrected chi connectivity index (χ2v) is 8.68. The van der Waals surface area contributed by atoms with Gasteiger partial charge < -0.3 is 14.8 Å². The fourth-order valence-corrected chi connectivity index (χ4v) is 4.92. The van der Waals surface area contributed by atoms with Crippen molar-refractivity contribution in [3.63, 3.8) is 0 Å². The van der Waals surface area contributed by atoms with Crippen LogP contribution in [0.3, 0.4) is 0 Å². The van der Waals surface area contributed by atoms with Gasteiger partial charge >= 0.3 is 0 Å². The first kappa shape index (κ1) is 17.1. The van der Waals surface area contributed by atoms with Crippen molar-refractivity contribution in [2.24, 2.45) is 5.92 Å². The molecule has 2 aromatic rings. The monoisotopic (exact) mass is 376 g/mol. The number of phenolic OH excluding ortho intramolecular Hbond substituents is 1. The van der Waals surface area contributed by atoms with Crippen LogP contribution in [0, 0.1) is 5.92 Å². The van der Waals surface area contributed by atoms with E-state index in [0.29, 0.717) is 19.5 Å². The molecule has 0 bridgehead atoms. The van der Waals surface area contributed by atoms with E-state index in [1.54, 1.807) is 12.3 Å². The fraction of sp³-hybridized carbons (Fsp3) is 0.389. The van der Waals surface area contributed by atoms with Crippen molar-refractivity contribution >= 4 is 21.6 Å². The molecule has 1 aromatic heterocycles. The highest BCUT2D eigenvalue weighted by Crippen LogP contribution is 2.48. The molecule has 0 unspecified atom stereocenters. The number of carbonyl (C=O) groups excluding carboxylic acids is 1. The average molecular weight is 376 g/mol. The molecule has 1 amide bonds. The summed E-state index contributed by atoms with van der Waals surface area (Å²) in [5.41, 5.74) is 0.111. The third-order valence-electron chi connectivity index (χ3n) is 4.96. The first-order valence-electron chi connectivity index (χ1n) is 8.64. The number of rotatable bonds is 5. The summed E-state index contributed by atoms with van der Waals surface area (Å²) in [7, 11) is -3.61. The lowest BCUT2D eigenvalue weighted by Crippen LogP contribution is -2.28. The van der Waals surface area contributed by atoms with E-state index in [0.717, 1.165) is 18.6 Å². The molecule has 2 aliphatic rings. The van der Waals surface area contributed by atoms with E-state index in [4.69, 9.17) is 4.42 Å². The maximum absolute atomic E-state index is 12.7. The molecule has 7 nitrogen and oxygen atoms in total. The summed E-state index contributed by atoms with van der Waals surface area (Å²) in [6.45, 7) is 0.996. The van der Waals surface area contributed by atoms with Gasteiger partial charge in [-0.05, 0) is 49.6 Å². The maximum atomic E-state index is 12.7. The Morgan fingerprint density at radius 2 is 2.00 bits per heavy atom. The van der Waals surface area contributed by atoms with E-state index in [9.17, 15) is 18.3 Å².